The summed E-state index contributed by atoms with van der Waals surface area (Å²) >= 11 is 0. The molecule has 0 aromatic carbocycles. The summed E-state index contributed by atoms with van der Waals surface area (Å²) in [5.74, 6) is -0.977. The van der Waals surface area contributed by atoms with Gasteiger partial charge in [-0.25, -0.2) is 0 Å². The van der Waals surface area contributed by atoms with Crippen LogP contribution >= 0.6 is 0 Å². The highest BCUT2D eigenvalue weighted by Crippen LogP contribution is 2.15. The number of ether oxygens (including phenoxy) is 3. The average Bonchev–Trinajstić information content (AvgIpc) is 3.49. The molecule has 0 aliphatic carbocycles. The van der Waals surface area contributed by atoms with E-state index in [-0.39, 0.29) is 37.5 Å². The molecule has 466 valence electrons. The fraction of sp³-hybridized carbons (Fsp3) is 0.597. The first-order chi connectivity index (χ1) is 41.0. The van der Waals surface area contributed by atoms with Crippen LogP contribution in [0, 0.1) is 0 Å². The van der Waals surface area contributed by atoms with Crippen molar-refractivity contribution < 1.29 is 28.6 Å². The Bertz CT molecular complexity index is 1890. The minimum Gasteiger partial charge on any atom is -0.462 e. The molecule has 6 nitrogen and oxygen atoms in total. The van der Waals surface area contributed by atoms with Crippen LogP contribution in [-0.2, 0) is 28.6 Å². The lowest BCUT2D eigenvalue weighted by Gasteiger charge is -2.18. The molecular weight excluding hydrogens is 1020 g/mol. The second kappa shape index (κ2) is 69.3. The van der Waals surface area contributed by atoms with Gasteiger partial charge in [0, 0.05) is 19.3 Å². The summed E-state index contributed by atoms with van der Waals surface area (Å²) < 4.78 is 16.8. The summed E-state index contributed by atoms with van der Waals surface area (Å²) in [6, 6.07) is 0. The molecule has 0 saturated carbocycles. The van der Waals surface area contributed by atoms with Gasteiger partial charge in [0.15, 0.2) is 6.10 Å². The Labute approximate surface area is 511 Å². The predicted molar refractivity (Wildman–Crippen MR) is 361 cm³/mol. The van der Waals surface area contributed by atoms with E-state index >= 15 is 0 Å². The number of carbonyl (C=O) groups excluding carboxylic acids is 3. The minimum atomic E-state index is -0.814. The number of unbranched alkanes of at least 4 members (excludes halogenated alkanes) is 20. The zero-order valence-electron chi connectivity index (χ0n) is 53.4. The SMILES string of the molecule is CC/C=C\C/C=C\C/C=C\C/C=C\C/C=C\C/C=C\C/C=C\CCCCCCCCCCCCCCCC(=O)OCC(COC(=O)CCCCCCCCC)OC(=O)CCC/C=C\C/C=C\C/C=C\C/C=C\C/C=C\C/C=C\C/C=C\CC. The Balaban J connectivity index is 4.18. The Kier molecular flexibility index (Phi) is 64.9. The van der Waals surface area contributed by atoms with Gasteiger partial charge in [-0.2, -0.15) is 0 Å². The molecule has 0 N–H and O–H groups in total. The molecule has 0 amide bonds. The van der Waals surface area contributed by atoms with Gasteiger partial charge in [0.25, 0.3) is 0 Å². The van der Waals surface area contributed by atoms with Crippen molar-refractivity contribution >= 4 is 17.9 Å². The summed E-state index contributed by atoms with van der Waals surface area (Å²) in [6.45, 7) is 6.32. The van der Waals surface area contributed by atoms with Gasteiger partial charge in [-0.1, -0.05) is 300 Å². The lowest BCUT2D eigenvalue weighted by atomic mass is 10.0. The Morgan fingerprint density at radius 2 is 0.482 bits per heavy atom. The van der Waals surface area contributed by atoms with Crippen LogP contribution in [-0.4, -0.2) is 37.2 Å². The van der Waals surface area contributed by atoms with Crippen molar-refractivity contribution in [3.05, 3.63) is 170 Å². The molecule has 0 aromatic rings. The number of rotatable bonds is 59. The molecule has 0 radical (unpaired) electrons. The van der Waals surface area contributed by atoms with Crippen LogP contribution in [0.25, 0.3) is 0 Å². The Morgan fingerprint density at radius 1 is 0.253 bits per heavy atom. The number of hydrogen-bond donors (Lipinski definition) is 0. The molecule has 0 rings (SSSR count). The molecule has 0 bridgehead atoms. The van der Waals surface area contributed by atoms with Crippen molar-refractivity contribution in [2.45, 2.75) is 284 Å². The van der Waals surface area contributed by atoms with Crippen molar-refractivity contribution in [3.8, 4) is 0 Å². The summed E-state index contributed by atoms with van der Waals surface area (Å²) in [7, 11) is 0. The molecule has 0 spiro atoms. The summed E-state index contributed by atoms with van der Waals surface area (Å²) in [4.78, 5) is 38.1. The van der Waals surface area contributed by atoms with E-state index in [0.717, 1.165) is 135 Å². The molecule has 0 aliphatic heterocycles. The predicted octanol–water partition coefficient (Wildman–Crippen LogP) is 23.4. The third-order valence-corrected chi connectivity index (χ3v) is 13.7. The third kappa shape index (κ3) is 67.4. The monoisotopic (exact) mass is 1140 g/mol. The maximum Gasteiger partial charge on any atom is 0.306 e. The van der Waals surface area contributed by atoms with Gasteiger partial charge in [-0.05, 0) is 128 Å². The smallest absolute Gasteiger partial charge is 0.306 e. The maximum atomic E-state index is 12.8. The van der Waals surface area contributed by atoms with Crippen LogP contribution in [0.3, 0.4) is 0 Å². The third-order valence-electron chi connectivity index (χ3n) is 13.7. The first kappa shape index (κ1) is 77.8. The highest BCUT2D eigenvalue weighted by molar-refractivity contribution is 5.71. The van der Waals surface area contributed by atoms with E-state index in [9.17, 15) is 14.4 Å². The number of esters is 3. The minimum absolute atomic E-state index is 0.106. The first-order valence-electron chi connectivity index (χ1n) is 33.6. The normalized spacial score (nSPS) is 13.2. The summed E-state index contributed by atoms with van der Waals surface area (Å²) in [5.41, 5.74) is 0. The number of allylic oxidation sites excluding steroid dienone is 28. The van der Waals surface area contributed by atoms with Gasteiger partial charge in [-0.3, -0.25) is 14.4 Å². The van der Waals surface area contributed by atoms with E-state index in [4.69, 9.17) is 14.2 Å². The van der Waals surface area contributed by atoms with E-state index < -0.39 is 6.10 Å². The Morgan fingerprint density at radius 3 is 0.771 bits per heavy atom. The molecule has 1 unspecified atom stereocenters. The zero-order valence-corrected chi connectivity index (χ0v) is 53.4. The molecular formula is C77H122O6. The van der Waals surface area contributed by atoms with Crippen LogP contribution in [0.1, 0.15) is 278 Å². The second-order valence-electron chi connectivity index (χ2n) is 21.6. The summed E-state index contributed by atoms with van der Waals surface area (Å²) in [6.07, 6.45) is 103. The van der Waals surface area contributed by atoms with Crippen LogP contribution in [0.15, 0.2) is 170 Å². The van der Waals surface area contributed by atoms with Gasteiger partial charge in [0.2, 0.25) is 0 Å². The van der Waals surface area contributed by atoms with Crippen LogP contribution in [0.4, 0.5) is 0 Å². The molecule has 1 atom stereocenters. The number of carbonyl (C=O) groups is 3. The van der Waals surface area contributed by atoms with E-state index in [1.165, 1.54) is 96.3 Å². The highest BCUT2D eigenvalue weighted by atomic mass is 16.6. The topological polar surface area (TPSA) is 78.9 Å². The van der Waals surface area contributed by atoms with E-state index in [2.05, 4.69) is 191 Å². The first-order valence-corrected chi connectivity index (χ1v) is 33.6. The van der Waals surface area contributed by atoms with E-state index in [0.29, 0.717) is 19.3 Å². The van der Waals surface area contributed by atoms with Gasteiger partial charge < -0.3 is 14.2 Å². The molecule has 0 aliphatic rings. The van der Waals surface area contributed by atoms with Gasteiger partial charge in [0.05, 0.1) is 0 Å². The fourth-order valence-electron chi connectivity index (χ4n) is 8.77. The maximum absolute atomic E-state index is 12.8. The average molecular weight is 1140 g/mol. The lowest BCUT2D eigenvalue weighted by Crippen LogP contribution is -2.30. The van der Waals surface area contributed by atoms with Crippen LogP contribution < -0.4 is 0 Å². The highest BCUT2D eigenvalue weighted by Gasteiger charge is 2.19. The lowest BCUT2D eigenvalue weighted by molar-refractivity contribution is -0.167. The van der Waals surface area contributed by atoms with Crippen molar-refractivity contribution in [2.75, 3.05) is 13.2 Å². The largest absolute Gasteiger partial charge is 0.462 e. The molecule has 0 heterocycles. The van der Waals surface area contributed by atoms with Crippen molar-refractivity contribution in [1.29, 1.82) is 0 Å². The number of hydrogen-bond acceptors (Lipinski definition) is 6. The quantitative estimate of drug-likeness (QED) is 0.0261. The standard InChI is InChI=1S/C77H122O6/c1-4-7-10-13-16-18-20-22-24-26-28-30-32-33-34-35-36-37-38-39-40-41-42-43-45-46-48-50-52-54-56-58-61-64-67-70-76(79)82-73-74(72-81-75(78)69-66-63-60-15-12-9-6-3)83-77(80)71-68-65-62-59-57-55-53-51-49-47-44-31-29-27-25-23-21-19-17-14-11-8-5-2/h7-8,10-11,16-19,22-25,28-31,33-34,36-37,39-40,47,49,53,55,59,62,74H,4-6,9,12-15,20-21,26-27,32,35,38,41-46,48,50-52,54,56-58,60-61,63-73H2,1-3H3/b10-7-,11-8-,18-16-,19-17-,24-22-,25-23-,30-28-,31-29-,34-33-,37-36-,40-39-,49-47-,55-53-,62-59-. The fourth-order valence-corrected chi connectivity index (χ4v) is 8.77. The van der Waals surface area contributed by atoms with Crippen molar-refractivity contribution in [2.24, 2.45) is 0 Å². The van der Waals surface area contributed by atoms with Crippen LogP contribution in [0.5, 0.6) is 0 Å². The molecule has 0 aromatic heterocycles. The van der Waals surface area contributed by atoms with Crippen molar-refractivity contribution in [1.82, 2.24) is 0 Å². The molecule has 83 heavy (non-hydrogen) atoms. The summed E-state index contributed by atoms with van der Waals surface area (Å²) in [5, 5.41) is 0. The zero-order chi connectivity index (χ0) is 59.9. The van der Waals surface area contributed by atoms with Crippen molar-refractivity contribution in [3.63, 3.8) is 0 Å². The van der Waals surface area contributed by atoms with Gasteiger partial charge >= 0.3 is 17.9 Å². The van der Waals surface area contributed by atoms with E-state index in [1.54, 1.807) is 0 Å². The molecule has 0 saturated heterocycles. The molecule has 0 fully saturated rings. The molecule has 6 heteroatoms. The second-order valence-corrected chi connectivity index (χ2v) is 21.6. The Hall–Kier alpha value is -5.23. The van der Waals surface area contributed by atoms with E-state index in [1.807, 2.05) is 0 Å². The van der Waals surface area contributed by atoms with Crippen LogP contribution in [0.2, 0.25) is 0 Å². The van der Waals surface area contributed by atoms with Gasteiger partial charge in [0.1, 0.15) is 13.2 Å². The van der Waals surface area contributed by atoms with Gasteiger partial charge in [-0.15, -0.1) is 0 Å².